The van der Waals surface area contributed by atoms with Crippen LogP contribution in [0.15, 0.2) is 18.2 Å². The van der Waals surface area contributed by atoms with Gasteiger partial charge in [-0.05, 0) is 39.0 Å². The van der Waals surface area contributed by atoms with Gasteiger partial charge in [0.15, 0.2) is 6.29 Å². The van der Waals surface area contributed by atoms with Crippen molar-refractivity contribution < 1.29 is 27.5 Å². The molecule has 0 N–H and O–H groups in total. The first kappa shape index (κ1) is 19.1. The summed E-state index contributed by atoms with van der Waals surface area (Å²) in [7, 11) is 0. The predicted molar refractivity (Wildman–Crippen MR) is 86.9 cm³/mol. The Bertz CT molecular complexity index is 646. The van der Waals surface area contributed by atoms with E-state index in [9.17, 15) is 22.8 Å². The minimum Gasteiger partial charge on any atom is -0.444 e. The number of piperazine rings is 1. The second kappa shape index (κ2) is 6.93. The normalized spacial score (nSPS) is 15.9. The van der Waals surface area contributed by atoms with Gasteiger partial charge in [0.1, 0.15) is 5.60 Å². The smallest absolute Gasteiger partial charge is 0.416 e. The topological polar surface area (TPSA) is 49.9 Å². The summed E-state index contributed by atoms with van der Waals surface area (Å²) in [5, 5.41) is 0. The summed E-state index contributed by atoms with van der Waals surface area (Å²) in [4.78, 5) is 26.6. The van der Waals surface area contributed by atoms with Gasteiger partial charge in [-0.1, -0.05) is 0 Å². The lowest BCUT2D eigenvalue weighted by molar-refractivity contribution is -0.137. The highest BCUT2D eigenvalue weighted by Gasteiger charge is 2.32. The first-order chi connectivity index (χ1) is 11.5. The molecule has 0 aromatic heterocycles. The van der Waals surface area contributed by atoms with Crippen molar-refractivity contribution in [3.63, 3.8) is 0 Å². The van der Waals surface area contributed by atoms with Gasteiger partial charge in [0, 0.05) is 37.4 Å². The first-order valence-electron chi connectivity index (χ1n) is 7.90. The van der Waals surface area contributed by atoms with Crippen molar-refractivity contribution in [1.82, 2.24) is 4.90 Å². The zero-order valence-electron chi connectivity index (χ0n) is 14.4. The lowest BCUT2D eigenvalue weighted by Gasteiger charge is -2.37. The number of alkyl halides is 3. The number of nitrogens with zero attached hydrogens (tertiary/aromatic N) is 2. The Morgan fingerprint density at radius 3 is 2.20 bits per heavy atom. The summed E-state index contributed by atoms with van der Waals surface area (Å²) in [6.07, 6.45) is -4.49. The number of amides is 1. The van der Waals surface area contributed by atoms with Crippen molar-refractivity contribution in [3.8, 4) is 0 Å². The van der Waals surface area contributed by atoms with Crippen molar-refractivity contribution in [3.05, 3.63) is 29.3 Å². The lowest BCUT2D eigenvalue weighted by atomic mass is 10.1. The Kier molecular flexibility index (Phi) is 5.29. The molecule has 1 aromatic carbocycles. The Morgan fingerprint density at radius 2 is 1.72 bits per heavy atom. The Balaban J connectivity index is 2.08. The number of hydrogen-bond acceptors (Lipinski definition) is 4. The van der Waals surface area contributed by atoms with Crippen molar-refractivity contribution in [2.75, 3.05) is 31.1 Å². The van der Waals surface area contributed by atoms with E-state index in [-0.39, 0.29) is 5.56 Å². The van der Waals surface area contributed by atoms with E-state index >= 15 is 0 Å². The number of halogens is 3. The summed E-state index contributed by atoms with van der Waals surface area (Å²) in [5.74, 6) is 0. The van der Waals surface area contributed by atoms with Gasteiger partial charge in [0.2, 0.25) is 0 Å². The van der Waals surface area contributed by atoms with E-state index in [1.165, 1.54) is 6.07 Å². The molecule has 138 valence electrons. The molecule has 25 heavy (non-hydrogen) atoms. The average Bonchev–Trinajstić information content (AvgIpc) is 2.52. The number of carbonyl (C=O) groups is 2. The number of carbonyl (C=O) groups excluding carboxylic acids is 2. The van der Waals surface area contributed by atoms with Crippen LogP contribution >= 0.6 is 0 Å². The third-order valence-corrected chi connectivity index (χ3v) is 3.75. The van der Waals surface area contributed by atoms with Crippen LogP contribution in [0.4, 0.5) is 23.7 Å². The molecule has 1 amide bonds. The second-order valence-electron chi connectivity index (χ2n) is 6.84. The fourth-order valence-corrected chi connectivity index (χ4v) is 2.57. The van der Waals surface area contributed by atoms with Crippen LogP contribution in [0.2, 0.25) is 0 Å². The van der Waals surface area contributed by atoms with E-state index in [0.717, 1.165) is 12.1 Å². The lowest BCUT2D eigenvalue weighted by Crippen LogP contribution is -2.50. The van der Waals surface area contributed by atoms with Crippen LogP contribution < -0.4 is 4.90 Å². The van der Waals surface area contributed by atoms with Gasteiger partial charge < -0.3 is 14.5 Å². The Morgan fingerprint density at radius 1 is 1.12 bits per heavy atom. The number of hydrogen-bond donors (Lipinski definition) is 0. The van der Waals surface area contributed by atoms with Crippen LogP contribution in [0.5, 0.6) is 0 Å². The molecule has 1 aliphatic heterocycles. The molecule has 0 bridgehead atoms. The number of aldehydes is 1. The molecule has 0 radical (unpaired) electrons. The minimum absolute atomic E-state index is 0.0134. The average molecular weight is 358 g/mol. The maximum atomic E-state index is 12.8. The van der Waals surface area contributed by atoms with Crippen LogP contribution in [-0.2, 0) is 10.9 Å². The van der Waals surface area contributed by atoms with Crippen LogP contribution in [0.3, 0.4) is 0 Å². The standard InChI is InChI=1S/C17H21F3N2O3/c1-16(2,3)25-15(24)22-8-6-21(7-9-22)14-5-4-13(17(18,19)20)10-12(14)11-23/h4-5,10-11H,6-9H2,1-3H3. The van der Waals surface area contributed by atoms with Gasteiger partial charge in [-0.2, -0.15) is 13.2 Å². The zero-order chi connectivity index (χ0) is 18.8. The van der Waals surface area contributed by atoms with E-state index in [4.69, 9.17) is 4.74 Å². The molecule has 0 atom stereocenters. The molecule has 1 aromatic rings. The van der Waals surface area contributed by atoms with Gasteiger partial charge in [0.05, 0.1) is 5.56 Å². The van der Waals surface area contributed by atoms with E-state index in [1.807, 2.05) is 0 Å². The fourth-order valence-electron chi connectivity index (χ4n) is 2.57. The molecule has 0 saturated carbocycles. The quantitative estimate of drug-likeness (QED) is 0.759. The molecule has 0 spiro atoms. The summed E-state index contributed by atoms with van der Waals surface area (Å²) < 4.78 is 43.6. The van der Waals surface area contributed by atoms with Gasteiger partial charge in [-0.25, -0.2) is 4.79 Å². The zero-order valence-corrected chi connectivity index (χ0v) is 14.4. The van der Waals surface area contributed by atoms with Crippen LogP contribution in [0.25, 0.3) is 0 Å². The largest absolute Gasteiger partial charge is 0.444 e. The molecule has 1 heterocycles. The molecule has 1 saturated heterocycles. The molecule has 2 rings (SSSR count). The Labute approximate surface area is 144 Å². The van der Waals surface area contributed by atoms with Gasteiger partial charge >= 0.3 is 12.3 Å². The monoisotopic (exact) mass is 358 g/mol. The third kappa shape index (κ3) is 4.87. The minimum atomic E-state index is -4.49. The number of anilines is 1. The summed E-state index contributed by atoms with van der Waals surface area (Å²) in [6, 6.07) is 3.11. The van der Waals surface area contributed by atoms with Crippen LogP contribution in [-0.4, -0.2) is 49.1 Å². The highest BCUT2D eigenvalue weighted by atomic mass is 19.4. The van der Waals surface area contributed by atoms with Crippen molar-refractivity contribution >= 4 is 18.1 Å². The third-order valence-electron chi connectivity index (χ3n) is 3.75. The molecule has 0 unspecified atom stereocenters. The van der Waals surface area contributed by atoms with E-state index in [1.54, 1.807) is 30.6 Å². The van der Waals surface area contributed by atoms with E-state index in [0.29, 0.717) is 38.2 Å². The van der Waals surface area contributed by atoms with Crippen molar-refractivity contribution in [2.24, 2.45) is 0 Å². The van der Waals surface area contributed by atoms with Crippen molar-refractivity contribution in [2.45, 2.75) is 32.5 Å². The molecule has 0 aliphatic carbocycles. The summed E-state index contributed by atoms with van der Waals surface area (Å²) >= 11 is 0. The number of benzene rings is 1. The van der Waals surface area contributed by atoms with Crippen LogP contribution in [0.1, 0.15) is 36.7 Å². The number of rotatable bonds is 2. The maximum Gasteiger partial charge on any atom is 0.416 e. The predicted octanol–water partition coefficient (Wildman–Crippen LogP) is 3.58. The molecular weight excluding hydrogens is 337 g/mol. The highest BCUT2D eigenvalue weighted by Crippen LogP contribution is 2.32. The van der Waals surface area contributed by atoms with Gasteiger partial charge in [-0.3, -0.25) is 4.79 Å². The summed E-state index contributed by atoms with van der Waals surface area (Å²) in [5.41, 5.74) is -1.02. The molecule has 1 fully saturated rings. The molecule has 8 heteroatoms. The SMILES string of the molecule is CC(C)(C)OC(=O)N1CCN(c2ccc(C(F)(F)F)cc2C=O)CC1. The molecule has 1 aliphatic rings. The number of ether oxygens (including phenoxy) is 1. The van der Waals surface area contributed by atoms with E-state index in [2.05, 4.69) is 0 Å². The van der Waals surface area contributed by atoms with Gasteiger partial charge in [0.25, 0.3) is 0 Å². The van der Waals surface area contributed by atoms with E-state index < -0.39 is 23.4 Å². The Hall–Kier alpha value is -2.25. The second-order valence-corrected chi connectivity index (χ2v) is 6.84. The highest BCUT2D eigenvalue weighted by molar-refractivity contribution is 5.85. The summed E-state index contributed by atoms with van der Waals surface area (Å²) in [6.45, 7) is 6.89. The van der Waals surface area contributed by atoms with Crippen molar-refractivity contribution in [1.29, 1.82) is 0 Å². The molecule has 5 nitrogen and oxygen atoms in total. The first-order valence-corrected chi connectivity index (χ1v) is 7.90. The molecular formula is C17H21F3N2O3. The van der Waals surface area contributed by atoms with Crippen LogP contribution in [0, 0.1) is 0 Å². The maximum absolute atomic E-state index is 12.8. The van der Waals surface area contributed by atoms with Gasteiger partial charge in [-0.15, -0.1) is 0 Å². The fraction of sp³-hybridized carbons (Fsp3) is 0.529.